The average molecular weight is 393 g/mol. The van der Waals surface area contributed by atoms with E-state index in [2.05, 4.69) is 5.10 Å². The van der Waals surface area contributed by atoms with Gasteiger partial charge in [-0.15, -0.1) is 0 Å². The van der Waals surface area contributed by atoms with Gasteiger partial charge >= 0.3 is 0 Å². The Kier molecular flexibility index (Phi) is 4.99. The summed E-state index contributed by atoms with van der Waals surface area (Å²) < 4.78 is 15.2. The fourth-order valence-corrected chi connectivity index (χ4v) is 3.38. The number of hydrogen-bond acceptors (Lipinski definition) is 3. The first-order valence-corrected chi connectivity index (χ1v) is 9.07. The van der Waals surface area contributed by atoms with Crippen molar-refractivity contribution in [3.8, 4) is 11.3 Å². The number of nitrogens with zero attached hydrogens (tertiary/aromatic N) is 3. The minimum atomic E-state index is -0.642. The lowest BCUT2D eigenvalue weighted by atomic mass is 9.91. The molecule has 3 rings (SSSR count). The number of aromatic nitrogens is 2. The molecule has 0 unspecified atom stereocenters. The van der Waals surface area contributed by atoms with Crippen molar-refractivity contribution in [2.24, 2.45) is 11.1 Å². The number of rotatable bonds is 3. The fourth-order valence-electron chi connectivity index (χ4n) is 3.20. The zero-order valence-electron chi connectivity index (χ0n) is 15.6. The standard InChI is InChI=1S/C19H22ClFN4O2/c1-19(2,3)9-15(26)24-6-7-25-14(10-24)16(18(22)27)17(23-25)11-4-5-13(21)12(20)8-11/h4-5,8H,6-7,9-10H2,1-3H3,(H2,22,27). The Morgan fingerprint density at radius 3 is 2.59 bits per heavy atom. The van der Waals surface area contributed by atoms with Crippen molar-refractivity contribution in [2.45, 2.75) is 40.3 Å². The quantitative estimate of drug-likeness (QED) is 0.870. The van der Waals surface area contributed by atoms with E-state index in [-0.39, 0.29) is 28.5 Å². The van der Waals surface area contributed by atoms with Gasteiger partial charge in [-0.1, -0.05) is 32.4 Å². The van der Waals surface area contributed by atoms with Crippen molar-refractivity contribution in [3.63, 3.8) is 0 Å². The second-order valence-electron chi connectivity index (χ2n) is 7.94. The number of carbonyl (C=O) groups is 2. The predicted octanol–water partition coefficient (Wildman–Crippen LogP) is 3.22. The lowest BCUT2D eigenvalue weighted by Gasteiger charge is -2.30. The normalized spacial score (nSPS) is 14.2. The molecule has 0 spiro atoms. The zero-order valence-corrected chi connectivity index (χ0v) is 16.3. The van der Waals surface area contributed by atoms with Crippen LogP contribution in [-0.2, 0) is 17.9 Å². The summed E-state index contributed by atoms with van der Waals surface area (Å²) >= 11 is 5.87. The minimum Gasteiger partial charge on any atom is -0.365 e. The van der Waals surface area contributed by atoms with Crippen LogP contribution in [0.2, 0.25) is 5.02 Å². The SMILES string of the molecule is CC(C)(C)CC(=O)N1CCn2nc(-c3ccc(F)c(Cl)c3)c(C(N)=O)c2C1. The smallest absolute Gasteiger partial charge is 0.252 e. The van der Waals surface area contributed by atoms with E-state index >= 15 is 0 Å². The van der Waals surface area contributed by atoms with Gasteiger partial charge in [0.25, 0.3) is 5.91 Å². The number of nitrogens with two attached hydrogens (primary N) is 1. The van der Waals surface area contributed by atoms with E-state index in [4.69, 9.17) is 17.3 Å². The molecule has 144 valence electrons. The van der Waals surface area contributed by atoms with Crippen LogP contribution in [0.3, 0.4) is 0 Å². The highest BCUT2D eigenvalue weighted by molar-refractivity contribution is 6.31. The molecule has 0 bridgehead atoms. The van der Waals surface area contributed by atoms with Crippen molar-refractivity contribution in [1.82, 2.24) is 14.7 Å². The molecule has 0 aliphatic carbocycles. The van der Waals surface area contributed by atoms with Gasteiger partial charge in [-0.3, -0.25) is 14.3 Å². The number of amides is 2. The molecule has 8 heteroatoms. The lowest BCUT2D eigenvalue weighted by Crippen LogP contribution is -2.40. The highest BCUT2D eigenvalue weighted by atomic mass is 35.5. The van der Waals surface area contributed by atoms with Crippen LogP contribution >= 0.6 is 11.6 Å². The summed E-state index contributed by atoms with van der Waals surface area (Å²) in [5, 5.41) is 4.42. The van der Waals surface area contributed by atoms with E-state index in [1.165, 1.54) is 18.2 Å². The Hall–Kier alpha value is -2.41. The number of carbonyl (C=O) groups excluding carboxylic acids is 2. The van der Waals surface area contributed by atoms with Crippen LogP contribution in [0.5, 0.6) is 0 Å². The van der Waals surface area contributed by atoms with Crippen LogP contribution < -0.4 is 5.73 Å². The monoisotopic (exact) mass is 392 g/mol. The van der Waals surface area contributed by atoms with E-state index in [1.54, 1.807) is 9.58 Å². The maximum atomic E-state index is 13.5. The topological polar surface area (TPSA) is 81.2 Å². The summed E-state index contributed by atoms with van der Waals surface area (Å²) in [6.07, 6.45) is 0.410. The van der Waals surface area contributed by atoms with Gasteiger partial charge in [-0.25, -0.2) is 4.39 Å². The number of halogens is 2. The first-order valence-electron chi connectivity index (χ1n) is 8.69. The van der Waals surface area contributed by atoms with Crippen molar-refractivity contribution in [2.75, 3.05) is 6.54 Å². The van der Waals surface area contributed by atoms with Crippen molar-refractivity contribution >= 4 is 23.4 Å². The molecule has 2 amide bonds. The predicted molar refractivity (Wildman–Crippen MR) is 101 cm³/mol. The van der Waals surface area contributed by atoms with Gasteiger partial charge in [-0.05, 0) is 23.6 Å². The fraction of sp³-hybridized carbons (Fsp3) is 0.421. The van der Waals surface area contributed by atoms with Gasteiger partial charge in [0.05, 0.1) is 29.4 Å². The summed E-state index contributed by atoms with van der Waals surface area (Å²) in [7, 11) is 0. The molecule has 1 aliphatic heterocycles. The third-order valence-corrected chi connectivity index (χ3v) is 4.74. The van der Waals surface area contributed by atoms with Crippen molar-refractivity contribution in [3.05, 3.63) is 40.3 Å². The number of benzene rings is 1. The second kappa shape index (κ2) is 6.96. The van der Waals surface area contributed by atoms with E-state index in [1.807, 2.05) is 20.8 Å². The molecular weight excluding hydrogens is 371 g/mol. The number of primary amides is 1. The molecule has 1 aromatic carbocycles. The Labute approximate surface area is 162 Å². The number of hydrogen-bond donors (Lipinski definition) is 1. The van der Waals surface area contributed by atoms with Crippen LogP contribution in [0.4, 0.5) is 4.39 Å². The van der Waals surface area contributed by atoms with E-state index in [9.17, 15) is 14.0 Å². The Morgan fingerprint density at radius 2 is 2.00 bits per heavy atom. The first-order chi connectivity index (χ1) is 12.6. The van der Waals surface area contributed by atoms with E-state index in [0.717, 1.165) is 0 Å². The van der Waals surface area contributed by atoms with Crippen molar-refractivity contribution < 1.29 is 14.0 Å². The molecule has 1 aliphatic rings. The maximum absolute atomic E-state index is 13.5. The van der Waals surface area contributed by atoms with Gasteiger partial charge in [0.1, 0.15) is 11.5 Å². The van der Waals surface area contributed by atoms with Crippen LogP contribution in [0.15, 0.2) is 18.2 Å². The Morgan fingerprint density at radius 1 is 1.30 bits per heavy atom. The van der Waals surface area contributed by atoms with E-state index < -0.39 is 11.7 Å². The minimum absolute atomic E-state index is 0.0248. The molecule has 2 N–H and O–H groups in total. The van der Waals surface area contributed by atoms with Gasteiger partial charge in [0.15, 0.2) is 0 Å². The van der Waals surface area contributed by atoms with Crippen LogP contribution in [0.1, 0.15) is 43.2 Å². The summed E-state index contributed by atoms with van der Waals surface area (Å²) in [5.74, 6) is -1.17. The maximum Gasteiger partial charge on any atom is 0.252 e. The van der Waals surface area contributed by atoms with Crippen molar-refractivity contribution in [1.29, 1.82) is 0 Å². The molecule has 0 atom stereocenters. The second-order valence-corrected chi connectivity index (χ2v) is 8.35. The third-order valence-electron chi connectivity index (χ3n) is 4.45. The summed E-state index contributed by atoms with van der Waals surface area (Å²) in [6, 6.07) is 4.14. The molecule has 1 aromatic heterocycles. The van der Waals surface area contributed by atoms with E-state index in [0.29, 0.717) is 36.5 Å². The van der Waals surface area contributed by atoms with Gasteiger partial charge in [-0.2, -0.15) is 5.10 Å². The Bertz CT molecular complexity index is 917. The van der Waals surface area contributed by atoms with Crippen LogP contribution in [-0.4, -0.2) is 33.0 Å². The molecular formula is C19H22ClFN4O2. The lowest BCUT2D eigenvalue weighted by molar-refractivity contribution is -0.134. The molecule has 0 fully saturated rings. The average Bonchev–Trinajstić information content (AvgIpc) is 2.94. The Balaban J connectivity index is 1.99. The van der Waals surface area contributed by atoms with Crippen LogP contribution in [0, 0.1) is 11.2 Å². The highest BCUT2D eigenvalue weighted by Gasteiger charge is 2.31. The molecule has 0 saturated carbocycles. The largest absolute Gasteiger partial charge is 0.365 e. The molecule has 2 aromatic rings. The summed E-state index contributed by atoms with van der Waals surface area (Å²) in [6.45, 7) is 7.24. The molecule has 6 nitrogen and oxygen atoms in total. The van der Waals surface area contributed by atoms with Crippen LogP contribution in [0.25, 0.3) is 11.3 Å². The molecule has 2 heterocycles. The highest BCUT2D eigenvalue weighted by Crippen LogP contribution is 2.31. The third kappa shape index (κ3) is 3.98. The number of fused-ring (bicyclic) bond motifs is 1. The summed E-state index contributed by atoms with van der Waals surface area (Å²) in [4.78, 5) is 26.4. The molecule has 0 saturated heterocycles. The first kappa shape index (κ1) is 19.4. The van der Waals surface area contributed by atoms with Gasteiger partial charge < -0.3 is 10.6 Å². The van der Waals surface area contributed by atoms with Gasteiger partial charge in [0, 0.05) is 18.5 Å². The molecule has 27 heavy (non-hydrogen) atoms. The summed E-state index contributed by atoms with van der Waals surface area (Å²) in [5.41, 5.74) is 7.17. The zero-order chi connectivity index (χ0) is 19.9. The van der Waals surface area contributed by atoms with Gasteiger partial charge in [0.2, 0.25) is 5.91 Å². The molecule has 0 radical (unpaired) electrons.